The van der Waals surface area contributed by atoms with E-state index in [2.05, 4.69) is 19.9 Å². The van der Waals surface area contributed by atoms with Crippen LogP contribution >= 0.6 is 11.6 Å². The van der Waals surface area contributed by atoms with Crippen molar-refractivity contribution in [1.29, 1.82) is 5.26 Å². The zero-order chi connectivity index (χ0) is 14.7. The first-order chi connectivity index (χ1) is 9.51. The number of nitriles is 1. The van der Waals surface area contributed by atoms with E-state index in [1.165, 1.54) is 0 Å². The lowest BCUT2D eigenvalue weighted by Gasteiger charge is -2.14. The highest BCUT2D eigenvalue weighted by atomic mass is 35.5. The molecule has 1 aromatic heterocycles. The lowest BCUT2D eigenvalue weighted by atomic mass is 10.1. The number of hydrogen-bond donors (Lipinski definition) is 1. The van der Waals surface area contributed by atoms with Crippen LogP contribution < -0.4 is 5.73 Å². The standard InChI is InChI=1S/C16H18ClN3/c1-11(2)10-20-14(9-18)8-15(19)16(20)7-12-4-3-5-13(17)6-12/h3-6,8,11H,7,10,19H2,1-2H3. The van der Waals surface area contributed by atoms with Crippen molar-refractivity contribution in [3.05, 3.63) is 52.3 Å². The van der Waals surface area contributed by atoms with Crippen LogP contribution in [0.3, 0.4) is 0 Å². The van der Waals surface area contributed by atoms with Gasteiger partial charge in [0.15, 0.2) is 0 Å². The fourth-order valence-corrected chi connectivity index (χ4v) is 2.53. The summed E-state index contributed by atoms with van der Waals surface area (Å²) in [7, 11) is 0. The second-order valence-electron chi connectivity index (χ2n) is 5.35. The van der Waals surface area contributed by atoms with Gasteiger partial charge in [0.05, 0.1) is 5.69 Å². The number of rotatable bonds is 4. The molecule has 0 unspecified atom stereocenters. The molecule has 0 spiro atoms. The first-order valence-corrected chi connectivity index (χ1v) is 7.01. The molecule has 0 aliphatic heterocycles. The molecule has 1 heterocycles. The van der Waals surface area contributed by atoms with Crippen molar-refractivity contribution in [1.82, 2.24) is 4.57 Å². The molecule has 2 N–H and O–H groups in total. The summed E-state index contributed by atoms with van der Waals surface area (Å²) in [6.07, 6.45) is 0.681. The van der Waals surface area contributed by atoms with Crippen molar-refractivity contribution in [3.63, 3.8) is 0 Å². The predicted molar refractivity (Wildman–Crippen MR) is 82.7 cm³/mol. The minimum atomic E-state index is 0.451. The number of aromatic nitrogens is 1. The molecule has 0 radical (unpaired) electrons. The fourth-order valence-electron chi connectivity index (χ4n) is 2.31. The van der Waals surface area contributed by atoms with E-state index in [-0.39, 0.29) is 0 Å². The van der Waals surface area contributed by atoms with Crippen LogP contribution in [0.1, 0.15) is 30.8 Å². The average molecular weight is 288 g/mol. The summed E-state index contributed by atoms with van der Waals surface area (Å²) in [6, 6.07) is 11.7. The molecule has 4 heteroatoms. The van der Waals surface area contributed by atoms with Gasteiger partial charge in [-0.25, -0.2) is 0 Å². The summed E-state index contributed by atoms with van der Waals surface area (Å²) in [6.45, 7) is 5.04. The first-order valence-electron chi connectivity index (χ1n) is 6.63. The Labute approximate surface area is 124 Å². The lowest BCUT2D eigenvalue weighted by Crippen LogP contribution is -2.11. The van der Waals surface area contributed by atoms with Crippen LogP contribution in [0.5, 0.6) is 0 Å². The van der Waals surface area contributed by atoms with Gasteiger partial charge in [0.2, 0.25) is 0 Å². The maximum atomic E-state index is 9.23. The van der Waals surface area contributed by atoms with Crippen LogP contribution in [0, 0.1) is 17.2 Å². The van der Waals surface area contributed by atoms with E-state index < -0.39 is 0 Å². The SMILES string of the molecule is CC(C)Cn1c(C#N)cc(N)c1Cc1cccc(Cl)c1. The number of halogens is 1. The molecule has 0 aliphatic carbocycles. The van der Waals surface area contributed by atoms with Gasteiger partial charge in [-0.2, -0.15) is 5.26 Å². The van der Waals surface area contributed by atoms with E-state index in [0.29, 0.717) is 28.7 Å². The Morgan fingerprint density at radius 1 is 1.35 bits per heavy atom. The molecule has 1 aromatic carbocycles. The van der Waals surface area contributed by atoms with Gasteiger partial charge in [-0.1, -0.05) is 37.6 Å². The van der Waals surface area contributed by atoms with Gasteiger partial charge in [-0.05, 0) is 29.7 Å². The minimum Gasteiger partial charge on any atom is -0.397 e. The first kappa shape index (κ1) is 14.5. The van der Waals surface area contributed by atoms with Gasteiger partial charge in [0, 0.05) is 23.7 Å². The number of hydrogen-bond acceptors (Lipinski definition) is 2. The smallest absolute Gasteiger partial charge is 0.122 e. The van der Waals surface area contributed by atoms with Gasteiger partial charge in [-0.15, -0.1) is 0 Å². The molecule has 104 valence electrons. The minimum absolute atomic E-state index is 0.451. The Bertz CT molecular complexity index is 650. The number of nitrogens with zero attached hydrogens (tertiary/aromatic N) is 2. The summed E-state index contributed by atoms with van der Waals surface area (Å²) < 4.78 is 2.01. The molecule has 0 atom stereocenters. The molecule has 0 bridgehead atoms. The molecule has 0 fully saturated rings. The zero-order valence-corrected chi connectivity index (χ0v) is 12.5. The van der Waals surface area contributed by atoms with Gasteiger partial charge in [0.25, 0.3) is 0 Å². The summed E-state index contributed by atoms with van der Waals surface area (Å²) in [4.78, 5) is 0. The monoisotopic (exact) mass is 287 g/mol. The lowest BCUT2D eigenvalue weighted by molar-refractivity contribution is 0.511. The normalized spacial score (nSPS) is 10.8. The topological polar surface area (TPSA) is 54.7 Å². The van der Waals surface area contributed by atoms with Crippen molar-refractivity contribution in [2.24, 2.45) is 5.92 Å². The van der Waals surface area contributed by atoms with Gasteiger partial charge in [0.1, 0.15) is 11.8 Å². The molecule has 20 heavy (non-hydrogen) atoms. The molecule has 2 aromatic rings. The molecular weight excluding hydrogens is 270 g/mol. The molecular formula is C16H18ClN3. The van der Waals surface area contributed by atoms with Crippen molar-refractivity contribution in [2.45, 2.75) is 26.8 Å². The van der Waals surface area contributed by atoms with Gasteiger partial charge in [-0.3, -0.25) is 0 Å². The van der Waals surface area contributed by atoms with Crippen LogP contribution in [0.4, 0.5) is 5.69 Å². The third kappa shape index (κ3) is 3.15. The van der Waals surface area contributed by atoms with E-state index in [1.54, 1.807) is 6.07 Å². The number of benzene rings is 1. The highest BCUT2D eigenvalue weighted by Crippen LogP contribution is 2.24. The van der Waals surface area contributed by atoms with Crippen LogP contribution in [0.15, 0.2) is 30.3 Å². The number of nitrogens with two attached hydrogens (primary N) is 1. The maximum Gasteiger partial charge on any atom is 0.122 e. The zero-order valence-electron chi connectivity index (χ0n) is 11.7. The Morgan fingerprint density at radius 3 is 2.70 bits per heavy atom. The van der Waals surface area contributed by atoms with E-state index >= 15 is 0 Å². The Kier molecular flexibility index (Phi) is 4.36. The van der Waals surface area contributed by atoms with Crippen molar-refractivity contribution in [3.8, 4) is 6.07 Å². The predicted octanol–water partition coefficient (Wildman–Crippen LogP) is 3.84. The van der Waals surface area contributed by atoms with E-state index in [4.69, 9.17) is 17.3 Å². The molecule has 3 nitrogen and oxygen atoms in total. The van der Waals surface area contributed by atoms with Crippen LogP contribution in [0.25, 0.3) is 0 Å². The van der Waals surface area contributed by atoms with Crippen LogP contribution in [0.2, 0.25) is 5.02 Å². The summed E-state index contributed by atoms with van der Waals surface area (Å²) in [5.41, 5.74) is 9.44. The Balaban J connectivity index is 2.40. The van der Waals surface area contributed by atoms with E-state index in [0.717, 1.165) is 17.8 Å². The van der Waals surface area contributed by atoms with Crippen LogP contribution in [-0.2, 0) is 13.0 Å². The molecule has 0 aliphatic rings. The van der Waals surface area contributed by atoms with Gasteiger partial charge < -0.3 is 10.3 Å². The second kappa shape index (κ2) is 6.02. The Hall–Kier alpha value is -1.92. The molecule has 0 amide bonds. The number of nitrogen functional groups attached to an aromatic ring is 1. The van der Waals surface area contributed by atoms with Crippen LogP contribution in [-0.4, -0.2) is 4.57 Å². The Morgan fingerprint density at radius 2 is 2.10 bits per heavy atom. The largest absolute Gasteiger partial charge is 0.397 e. The maximum absolute atomic E-state index is 9.23. The molecule has 0 saturated carbocycles. The quantitative estimate of drug-likeness (QED) is 0.929. The third-order valence-electron chi connectivity index (χ3n) is 3.16. The second-order valence-corrected chi connectivity index (χ2v) is 5.79. The van der Waals surface area contributed by atoms with Crippen molar-refractivity contribution in [2.75, 3.05) is 5.73 Å². The van der Waals surface area contributed by atoms with E-state index in [1.807, 2.05) is 28.8 Å². The molecule has 2 rings (SSSR count). The highest BCUT2D eigenvalue weighted by molar-refractivity contribution is 6.30. The van der Waals surface area contributed by atoms with E-state index in [9.17, 15) is 5.26 Å². The fraction of sp³-hybridized carbons (Fsp3) is 0.312. The summed E-state index contributed by atoms with van der Waals surface area (Å²) >= 11 is 6.02. The highest BCUT2D eigenvalue weighted by Gasteiger charge is 2.14. The summed E-state index contributed by atoms with van der Waals surface area (Å²) in [5.74, 6) is 0.451. The average Bonchev–Trinajstić information content (AvgIpc) is 2.66. The summed E-state index contributed by atoms with van der Waals surface area (Å²) in [5, 5.41) is 9.94. The third-order valence-corrected chi connectivity index (χ3v) is 3.40. The van der Waals surface area contributed by atoms with Gasteiger partial charge >= 0.3 is 0 Å². The number of anilines is 1. The molecule has 0 saturated heterocycles. The van der Waals surface area contributed by atoms with Crippen molar-refractivity contribution < 1.29 is 0 Å². The van der Waals surface area contributed by atoms with Crippen molar-refractivity contribution >= 4 is 17.3 Å².